The minimum atomic E-state index is -4.66. The molecule has 27 heavy (non-hydrogen) atoms. The third kappa shape index (κ3) is 5.49. The zero-order valence-electron chi connectivity index (χ0n) is 13.8. The smallest absolute Gasteiger partial charge is 0.359 e. The number of carbonyl (C=O) groups excluding carboxylic acids is 1. The van der Waals surface area contributed by atoms with Crippen LogP contribution in [0, 0.1) is 18.3 Å². The van der Waals surface area contributed by atoms with Crippen LogP contribution < -0.4 is 10.6 Å². The van der Waals surface area contributed by atoms with Gasteiger partial charge < -0.3 is 10.6 Å². The van der Waals surface area contributed by atoms with Crippen LogP contribution in [0.1, 0.15) is 11.1 Å². The number of benzene rings is 2. The molecule has 0 aliphatic carbocycles. The van der Waals surface area contributed by atoms with Crippen molar-refractivity contribution in [3.8, 4) is 6.07 Å². The van der Waals surface area contributed by atoms with E-state index in [1.165, 1.54) is 12.3 Å². The molecule has 4 nitrogen and oxygen atoms in total. The molecule has 0 aliphatic rings. The summed E-state index contributed by atoms with van der Waals surface area (Å²) < 4.78 is 39.4. The Morgan fingerprint density at radius 1 is 1.26 bits per heavy atom. The molecule has 2 N–H and O–H groups in total. The molecule has 0 atom stereocenters. The molecule has 2 aromatic rings. The summed E-state index contributed by atoms with van der Waals surface area (Å²) >= 11 is 8.89. The quantitative estimate of drug-likeness (QED) is 0.444. The van der Waals surface area contributed by atoms with E-state index in [1.807, 2.05) is 19.1 Å². The summed E-state index contributed by atoms with van der Waals surface area (Å²) in [5, 5.41) is 13.7. The van der Waals surface area contributed by atoms with Crippen LogP contribution in [0.3, 0.4) is 0 Å². The zero-order chi connectivity index (χ0) is 20.2. The number of amides is 1. The third-order valence-electron chi connectivity index (χ3n) is 3.39. The molecule has 0 aromatic heterocycles. The second-order valence-electron chi connectivity index (χ2n) is 5.44. The van der Waals surface area contributed by atoms with Crippen molar-refractivity contribution in [1.29, 1.82) is 5.26 Å². The lowest BCUT2D eigenvalue weighted by Crippen LogP contribution is -2.15. The van der Waals surface area contributed by atoms with Crippen LogP contribution >= 0.6 is 27.5 Å². The van der Waals surface area contributed by atoms with Crippen molar-refractivity contribution in [3.05, 3.63) is 68.8 Å². The number of anilines is 2. The fourth-order valence-electron chi connectivity index (χ4n) is 2.05. The van der Waals surface area contributed by atoms with Gasteiger partial charge in [0.2, 0.25) is 0 Å². The van der Waals surface area contributed by atoms with Crippen LogP contribution in [-0.2, 0) is 11.0 Å². The van der Waals surface area contributed by atoms with Gasteiger partial charge in [0.25, 0.3) is 5.91 Å². The van der Waals surface area contributed by atoms with E-state index < -0.39 is 22.7 Å². The van der Waals surface area contributed by atoms with Gasteiger partial charge in [0.1, 0.15) is 11.6 Å². The molecule has 0 fully saturated rings. The van der Waals surface area contributed by atoms with Crippen LogP contribution in [0.4, 0.5) is 24.5 Å². The van der Waals surface area contributed by atoms with Gasteiger partial charge in [-0.3, -0.25) is 4.79 Å². The average Bonchev–Trinajstić information content (AvgIpc) is 2.57. The molecular weight excluding hydrogens is 447 g/mol. The van der Waals surface area contributed by atoms with E-state index in [0.29, 0.717) is 11.8 Å². The first kappa shape index (κ1) is 20.8. The number of aryl methyl sites for hydroxylation is 1. The molecule has 9 heteroatoms. The molecule has 0 saturated carbocycles. The number of nitrogens with zero attached hydrogens (tertiary/aromatic N) is 1. The van der Waals surface area contributed by atoms with Gasteiger partial charge in [-0.05, 0) is 58.7 Å². The van der Waals surface area contributed by atoms with Crippen molar-refractivity contribution < 1.29 is 18.0 Å². The molecule has 0 spiro atoms. The Kier molecular flexibility index (Phi) is 6.52. The van der Waals surface area contributed by atoms with Gasteiger partial charge in [0, 0.05) is 16.4 Å². The van der Waals surface area contributed by atoms with Gasteiger partial charge in [-0.15, -0.1) is 0 Å². The molecular formula is C18H12BrClF3N3O. The summed E-state index contributed by atoms with van der Waals surface area (Å²) in [6, 6.07) is 10.1. The van der Waals surface area contributed by atoms with Gasteiger partial charge in [-0.1, -0.05) is 17.7 Å². The van der Waals surface area contributed by atoms with E-state index in [1.54, 1.807) is 12.1 Å². The first-order valence-electron chi connectivity index (χ1n) is 7.43. The van der Waals surface area contributed by atoms with E-state index in [2.05, 4.69) is 26.6 Å². The number of alkyl halides is 3. The Balaban J connectivity index is 2.19. The molecule has 0 bridgehead atoms. The van der Waals surface area contributed by atoms with E-state index in [-0.39, 0.29) is 11.3 Å². The molecule has 1 amide bonds. The number of rotatable bonds is 4. The second-order valence-corrected chi connectivity index (χ2v) is 6.71. The predicted octanol–water partition coefficient (Wildman–Crippen LogP) is 5.89. The SMILES string of the molecule is Cc1ccc(N/C=C(/C#N)C(=O)Nc2ccc(Cl)c(C(F)(F)F)c2)c(Br)c1. The van der Waals surface area contributed by atoms with E-state index >= 15 is 0 Å². The van der Waals surface area contributed by atoms with Gasteiger partial charge in [-0.25, -0.2) is 0 Å². The molecule has 0 heterocycles. The van der Waals surface area contributed by atoms with Gasteiger partial charge in [0.15, 0.2) is 0 Å². The molecule has 0 aliphatic heterocycles. The Morgan fingerprint density at radius 3 is 2.56 bits per heavy atom. The number of hydrogen-bond acceptors (Lipinski definition) is 3. The van der Waals surface area contributed by atoms with Gasteiger partial charge in [-0.2, -0.15) is 18.4 Å². The Labute approximate surface area is 166 Å². The number of hydrogen-bond donors (Lipinski definition) is 2. The Bertz CT molecular complexity index is 952. The van der Waals surface area contributed by atoms with Crippen molar-refractivity contribution in [2.45, 2.75) is 13.1 Å². The maximum Gasteiger partial charge on any atom is 0.417 e. The van der Waals surface area contributed by atoms with Crippen molar-refractivity contribution in [1.82, 2.24) is 0 Å². The first-order chi connectivity index (χ1) is 12.6. The first-order valence-corrected chi connectivity index (χ1v) is 8.60. The fourth-order valence-corrected chi connectivity index (χ4v) is 2.89. The predicted molar refractivity (Wildman–Crippen MR) is 101 cm³/mol. The lowest BCUT2D eigenvalue weighted by Gasteiger charge is -2.11. The second kappa shape index (κ2) is 8.46. The standard InChI is InChI=1S/C18H12BrClF3N3O/c1-10-2-5-16(14(19)6-10)25-9-11(8-24)17(27)26-12-3-4-15(20)13(7-12)18(21,22)23/h2-7,9,25H,1H3,(H,26,27)/b11-9-. The number of nitrogens with one attached hydrogen (secondary N) is 2. The number of nitriles is 1. The van der Waals surface area contributed by atoms with E-state index in [9.17, 15) is 18.0 Å². The highest BCUT2D eigenvalue weighted by Crippen LogP contribution is 2.36. The van der Waals surface area contributed by atoms with Gasteiger partial charge >= 0.3 is 6.18 Å². The molecule has 0 unspecified atom stereocenters. The summed E-state index contributed by atoms with van der Waals surface area (Å²) in [4.78, 5) is 12.2. The fraction of sp³-hybridized carbons (Fsp3) is 0.111. The molecule has 2 aromatic carbocycles. The molecule has 2 rings (SSSR count). The monoisotopic (exact) mass is 457 g/mol. The van der Waals surface area contributed by atoms with Gasteiger partial charge in [0.05, 0.1) is 16.3 Å². The highest BCUT2D eigenvalue weighted by Gasteiger charge is 2.33. The Morgan fingerprint density at radius 2 is 1.96 bits per heavy atom. The van der Waals surface area contributed by atoms with E-state index in [0.717, 1.165) is 16.1 Å². The summed E-state index contributed by atoms with van der Waals surface area (Å²) in [6.07, 6.45) is -3.49. The summed E-state index contributed by atoms with van der Waals surface area (Å²) in [6.45, 7) is 1.90. The summed E-state index contributed by atoms with van der Waals surface area (Å²) in [7, 11) is 0. The normalized spacial score (nSPS) is 11.7. The van der Waals surface area contributed by atoms with E-state index in [4.69, 9.17) is 16.9 Å². The van der Waals surface area contributed by atoms with Crippen molar-refractivity contribution in [2.75, 3.05) is 10.6 Å². The highest BCUT2D eigenvalue weighted by atomic mass is 79.9. The van der Waals surface area contributed by atoms with Crippen molar-refractivity contribution in [2.24, 2.45) is 0 Å². The summed E-state index contributed by atoms with van der Waals surface area (Å²) in [5.41, 5.74) is 0.108. The molecule has 140 valence electrons. The minimum Gasteiger partial charge on any atom is -0.359 e. The molecule has 0 saturated heterocycles. The van der Waals surface area contributed by atoms with Crippen LogP contribution in [0.15, 0.2) is 52.6 Å². The summed E-state index contributed by atoms with van der Waals surface area (Å²) in [5.74, 6) is -0.858. The largest absolute Gasteiger partial charge is 0.417 e. The van der Waals surface area contributed by atoms with Crippen molar-refractivity contribution >= 4 is 44.8 Å². The number of carbonyl (C=O) groups is 1. The minimum absolute atomic E-state index is 0.130. The zero-order valence-corrected chi connectivity index (χ0v) is 16.1. The maximum atomic E-state index is 12.9. The average molecular weight is 459 g/mol. The Hall–Kier alpha value is -2.50. The molecule has 0 radical (unpaired) electrons. The maximum absolute atomic E-state index is 12.9. The van der Waals surface area contributed by atoms with Crippen LogP contribution in [0.5, 0.6) is 0 Å². The number of halogens is 5. The third-order valence-corrected chi connectivity index (χ3v) is 4.38. The topological polar surface area (TPSA) is 64.9 Å². The highest BCUT2D eigenvalue weighted by molar-refractivity contribution is 9.10. The van der Waals surface area contributed by atoms with Crippen LogP contribution in [0.25, 0.3) is 0 Å². The lowest BCUT2D eigenvalue weighted by atomic mass is 10.2. The van der Waals surface area contributed by atoms with Crippen molar-refractivity contribution in [3.63, 3.8) is 0 Å². The van der Waals surface area contributed by atoms with Crippen LogP contribution in [0.2, 0.25) is 5.02 Å². The van der Waals surface area contributed by atoms with Crippen LogP contribution in [-0.4, -0.2) is 5.91 Å². The lowest BCUT2D eigenvalue weighted by molar-refractivity contribution is -0.137.